The molecule has 8 nitrogen and oxygen atoms in total. The highest BCUT2D eigenvalue weighted by molar-refractivity contribution is 7.85. The van der Waals surface area contributed by atoms with Gasteiger partial charge in [0.1, 0.15) is 23.3 Å². The molecule has 4 aliphatic rings. The predicted octanol–water partition coefficient (Wildman–Crippen LogP) is 3.02. The first kappa shape index (κ1) is 22.2. The lowest BCUT2D eigenvalue weighted by atomic mass is 9.77. The van der Waals surface area contributed by atoms with Crippen molar-refractivity contribution in [3.63, 3.8) is 0 Å². The SMILES string of the molecule is N#Cc1c(N2CC3CC(c4ncc(Cl)cn4)CC3C2)nc2c(c1NC1(CO)CCC1)[S@@](=O)CC2. The molecule has 0 aromatic carbocycles. The van der Waals surface area contributed by atoms with Gasteiger partial charge in [-0.3, -0.25) is 4.21 Å². The fraction of sp³-hybridized carbons (Fsp3) is 0.583. The first-order chi connectivity index (χ1) is 16.5. The number of halogens is 1. The molecule has 34 heavy (non-hydrogen) atoms. The van der Waals surface area contributed by atoms with Crippen molar-refractivity contribution in [2.75, 3.05) is 35.7 Å². The van der Waals surface area contributed by atoms with E-state index < -0.39 is 16.3 Å². The predicted molar refractivity (Wildman–Crippen MR) is 129 cm³/mol. The number of rotatable bonds is 5. The minimum absolute atomic E-state index is 0.00104. The fourth-order valence-corrected chi connectivity index (χ4v) is 7.64. The summed E-state index contributed by atoms with van der Waals surface area (Å²) in [5.41, 5.74) is 1.49. The van der Waals surface area contributed by atoms with Crippen molar-refractivity contribution in [2.24, 2.45) is 11.8 Å². The van der Waals surface area contributed by atoms with Crippen LogP contribution in [0.1, 0.15) is 55.1 Å². The van der Waals surface area contributed by atoms with Gasteiger partial charge >= 0.3 is 0 Å². The fourth-order valence-electron chi connectivity index (χ4n) is 6.17. The molecule has 0 bridgehead atoms. The zero-order valence-electron chi connectivity index (χ0n) is 18.8. The molecule has 0 spiro atoms. The van der Waals surface area contributed by atoms with Gasteiger partial charge in [0.05, 0.1) is 44.2 Å². The number of fused-ring (bicyclic) bond motifs is 2. The molecule has 3 fully saturated rings. The number of anilines is 2. The lowest BCUT2D eigenvalue weighted by molar-refractivity contribution is 0.144. The highest BCUT2D eigenvalue weighted by Crippen LogP contribution is 2.48. The molecule has 2 aliphatic heterocycles. The second-order valence-electron chi connectivity index (χ2n) is 10.1. The highest BCUT2D eigenvalue weighted by atomic mass is 35.5. The smallest absolute Gasteiger partial charge is 0.149 e. The van der Waals surface area contributed by atoms with Gasteiger partial charge in [-0.05, 0) is 43.9 Å². The van der Waals surface area contributed by atoms with E-state index >= 15 is 0 Å². The zero-order valence-corrected chi connectivity index (χ0v) is 20.4. The molecule has 2 N–H and O–H groups in total. The Labute approximate surface area is 206 Å². The number of nitrogens with one attached hydrogen (secondary N) is 1. The van der Waals surface area contributed by atoms with Crippen LogP contribution in [-0.4, -0.2) is 55.3 Å². The largest absolute Gasteiger partial charge is 0.394 e. The molecule has 2 saturated carbocycles. The van der Waals surface area contributed by atoms with Crippen molar-refractivity contribution in [2.45, 2.75) is 54.9 Å². The van der Waals surface area contributed by atoms with Crippen LogP contribution in [0.4, 0.5) is 11.5 Å². The number of hydrogen-bond donors (Lipinski definition) is 2. The van der Waals surface area contributed by atoms with Crippen LogP contribution in [0.25, 0.3) is 0 Å². The van der Waals surface area contributed by atoms with E-state index in [4.69, 9.17) is 16.6 Å². The number of aliphatic hydroxyl groups excluding tert-OH is 1. The number of hydrogen-bond acceptors (Lipinski definition) is 8. The number of aromatic nitrogens is 3. The summed E-state index contributed by atoms with van der Waals surface area (Å²) >= 11 is 5.95. The Morgan fingerprint density at radius 3 is 2.56 bits per heavy atom. The number of pyridine rings is 1. The normalized spacial score (nSPS) is 28.8. The molecule has 2 unspecified atom stereocenters. The third-order valence-electron chi connectivity index (χ3n) is 8.13. The Hall–Kier alpha value is -2.28. The number of aryl methyl sites for hydroxylation is 1. The third-order valence-corrected chi connectivity index (χ3v) is 9.79. The van der Waals surface area contributed by atoms with Gasteiger partial charge < -0.3 is 15.3 Å². The highest BCUT2D eigenvalue weighted by Gasteiger charge is 2.45. The zero-order chi connectivity index (χ0) is 23.4. The second kappa shape index (κ2) is 8.43. The summed E-state index contributed by atoms with van der Waals surface area (Å²) in [6.45, 7) is 1.67. The van der Waals surface area contributed by atoms with Gasteiger partial charge in [-0.1, -0.05) is 11.6 Å². The molecule has 178 valence electrons. The molecule has 2 aliphatic carbocycles. The van der Waals surface area contributed by atoms with E-state index in [2.05, 4.69) is 26.3 Å². The first-order valence-electron chi connectivity index (χ1n) is 12.0. The van der Waals surface area contributed by atoms with Crippen molar-refractivity contribution in [1.82, 2.24) is 15.0 Å². The minimum Gasteiger partial charge on any atom is -0.394 e. The molecule has 2 aromatic heterocycles. The van der Waals surface area contributed by atoms with Gasteiger partial charge in [-0.25, -0.2) is 15.0 Å². The minimum atomic E-state index is -1.18. The van der Waals surface area contributed by atoms with E-state index in [1.807, 2.05) is 0 Å². The standard InChI is InChI=1S/C24H27ClN6O2S/c25-17-9-27-22(28-10-17)14-6-15-11-31(12-16(15)7-14)23-18(8-26)20(30-24(13-32)3-1-4-24)21-19(29-23)2-5-34(21)33/h9-10,14-16,32H,1-7,11-13H2,(H,29,30)/t14?,15?,16?,34-/m0/s1. The Morgan fingerprint density at radius 1 is 1.26 bits per heavy atom. The Balaban J connectivity index is 1.29. The molecular weight excluding hydrogens is 472 g/mol. The molecule has 0 radical (unpaired) electrons. The molecular formula is C24H27ClN6O2S. The average Bonchev–Trinajstić information content (AvgIpc) is 3.49. The van der Waals surface area contributed by atoms with E-state index in [0.29, 0.717) is 56.9 Å². The Bertz CT molecular complexity index is 1180. The molecule has 0 amide bonds. The maximum absolute atomic E-state index is 12.8. The third kappa shape index (κ3) is 3.58. The summed E-state index contributed by atoms with van der Waals surface area (Å²) < 4.78 is 12.8. The number of nitriles is 1. The van der Waals surface area contributed by atoms with Gasteiger partial charge in [0.15, 0.2) is 0 Å². The molecule has 2 aromatic rings. The van der Waals surface area contributed by atoms with Gasteiger partial charge in [-0.15, -0.1) is 0 Å². The van der Waals surface area contributed by atoms with Crippen molar-refractivity contribution < 1.29 is 9.32 Å². The van der Waals surface area contributed by atoms with E-state index in [9.17, 15) is 14.6 Å². The monoisotopic (exact) mass is 498 g/mol. The maximum Gasteiger partial charge on any atom is 0.149 e. The average molecular weight is 499 g/mol. The van der Waals surface area contributed by atoms with Crippen LogP contribution in [0, 0.1) is 23.2 Å². The van der Waals surface area contributed by atoms with Crippen molar-refractivity contribution in [3.05, 3.63) is 34.5 Å². The maximum atomic E-state index is 12.8. The van der Waals surface area contributed by atoms with E-state index in [-0.39, 0.29) is 6.61 Å². The van der Waals surface area contributed by atoms with Crippen LogP contribution in [0.3, 0.4) is 0 Å². The number of aliphatic hydroxyl groups is 1. The summed E-state index contributed by atoms with van der Waals surface area (Å²) in [4.78, 5) is 16.7. The lowest BCUT2D eigenvalue weighted by Crippen LogP contribution is -2.48. The van der Waals surface area contributed by atoms with Crippen LogP contribution in [-0.2, 0) is 17.2 Å². The lowest BCUT2D eigenvalue weighted by Gasteiger charge is -2.42. The van der Waals surface area contributed by atoms with Gasteiger partial charge in [-0.2, -0.15) is 5.26 Å². The quantitative estimate of drug-likeness (QED) is 0.646. The van der Waals surface area contributed by atoms with Crippen LogP contribution < -0.4 is 10.2 Å². The van der Waals surface area contributed by atoms with Gasteiger partial charge in [0.2, 0.25) is 0 Å². The second-order valence-corrected chi connectivity index (χ2v) is 12.1. The summed E-state index contributed by atoms with van der Waals surface area (Å²) in [5, 5.41) is 24.3. The topological polar surface area (TPSA) is 115 Å². The molecule has 10 heteroatoms. The summed E-state index contributed by atoms with van der Waals surface area (Å²) in [6.07, 6.45) is 8.72. The summed E-state index contributed by atoms with van der Waals surface area (Å²) in [6, 6.07) is 2.38. The van der Waals surface area contributed by atoms with Crippen molar-refractivity contribution in [1.29, 1.82) is 5.26 Å². The van der Waals surface area contributed by atoms with Crippen LogP contribution in [0.5, 0.6) is 0 Å². The first-order valence-corrected chi connectivity index (χ1v) is 13.7. The Kier molecular flexibility index (Phi) is 5.51. The molecule has 3 atom stereocenters. The number of nitrogens with zero attached hydrogens (tertiary/aromatic N) is 5. The Morgan fingerprint density at radius 2 is 1.97 bits per heavy atom. The van der Waals surface area contributed by atoms with E-state index in [1.54, 1.807) is 12.4 Å². The van der Waals surface area contributed by atoms with Crippen molar-refractivity contribution >= 4 is 33.9 Å². The summed E-state index contributed by atoms with van der Waals surface area (Å²) in [5.74, 6) is 3.41. The van der Waals surface area contributed by atoms with Crippen LogP contribution >= 0.6 is 11.6 Å². The van der Waals surface area contributed by atoms with Gasteiger partial charge in [0, 0.05) is 43.6 Å². The molecule has 6 rings (SSSR count). The van der Waals surface area contributed by atoms with Gasteiger partial charge in [0.25, 0.3) is 0 Å². The van der Waals surface area contributed by atoms with E-state index in [0.717, 1.165) is 56.7 Å². The van der Waals surface area contributed by atoms with Crippen molar-refractivity contribution in [3.8, 4) is 6.07 Å². The summed E-state index contributed by atoms with van der Waals surface area (Å²) in [7, 11) is -1.18. The van der Waals surface area contributed by atoms with Crippen LogP contribution in [0.15, 0.2) is 17.3 Å². The van der Waals surface area contributed by atoms with E-state index in [1.165, 1.54) is 0 Å². The molecule has 1 saturated heterocycles. The van der Waals surface area contributed by atoms with Crippen LogP contribution in [0.2, 0.25) is 5.02 Å². The molecule has 4 heterocycles.